The summed E-state index contributed by atoms with van der Waals surface area (Å²) in [5.41, 5.74) is 5.25. The van der Waals surface area contributed by atoms with E-state index in [1.807, 2.05) is 6.92 Å². The normalized spacial score (nSPS) is 13.9. The average Bonchev–Trinajstić information content (AvgIpc) is 2.30. The highest BCUT2D eigenvalue weighted by molar-refractivity contribution is 7.89. The van der Waals surface area contributed by atoms with Crippen molar-refractivity contribution >= 4 is 15.7 Å². The maximum Gasteiger partial charge on any atom is 0.243 e. The third-order valence-electron chi connectivity index (χ3n) is 2.86. The van der Waals surface area contributed by atoms with Crippen LogP contribution in [0.15, 0.2) is 23.1 Å². The van der Waals surface area contributed by atoms with Crippen molar-refractivity contribution in [2.45, 2.75) is 31.2 Å². The van der Waals surface area contributed by atoms with Crippen molar-refractivity contribution in [2.24, 2.45) is 0 Å². The van der Waals surface area contributed by atoms with Crippen molar-refractivity contribution in [2.75, 3.05) is 12.8 Å². The Balaban J connectivity index is 3.17. The molecule has 1 unspecified atom stereocenters. The molecule has 2 N–H and O–H groups in total. The molecule has 0 bridgehead atoms. The summed E-state index contributed by atoms with van der Waals surface area (Å²) >= 11 is 0. The fraction of sp³-hybridized carbons (Fsp3) is 0.455. The van der Waals surface area contributed by atoms with Crippen molar-refractivity contribution in [1.82, 2.24) is 4.31 Å². The number of halogens is 1. The standard InChI is InChI=1S/C11H17FN2O2S/c1-4-8(2)14(3)17(15,16)9-5-6-11(13)10(12)7-9/h5-8H,4,13H2,1-3H3. The monoisotopic (exact) mass is 260 g/mol. The third-order valence-corrected chi connectivity index (χ3v) is 4.83. The molecular formula is C11H17FN2O2S. The molecule has 0 aromatic heterocycles. The van der Waals surface area contributed by atoms with Gasteiger partial charge in [-0.2, -0.15) is 4.31 Å². The van der Waals surface area contributed by atoms with Crippen LogP contribution in [0.1, 0.15) is 20.3 Å². The Kier molecular flexibility index (Phi) is 4.11. The molecule has 96 valence electrons. The van der Waals surface area contributed by atoms with Gasteiger partial charge in [-0.1, -0.05) is 6.92 Å². The summed E-state index contributed by atoms with van der Waals surface area (Å²) in [5, 5.41) is 0. The van der Waals surface area contributed by atoms with Crippen LogP contribution in [0, 0.1) is 5.82 Å². The summed E-state index contributed by atoms with van der Waals surface area (Å²) in [6.45, 7) is 3.69. The second kappa shape index (κ2) is 5.01. The largest absolute Gasteiger partial charge is 0.396 e. The van der Waals surface area contributed by atoms with Crippen molar-refractivity contribution < 1.29 is 12.8 Å². The Morgan fingerprint density at radius 3 is 2.53 bits per heavy atom. The predicted octanol–water partition coefficient (Wildman–Crippen LogP) is 1.83. The van der Waals surface area contributed by atoms with Crippen LogP contribution in [0.2, 0.25) is 0 Å². The first-order valence-electron chi connectivity index (χ1n) is 5.33. The molecule has 0 heterocycles. The lowest BCUT2D eigenvalue weighted by Crippen LogP contribution is -2.34. The van der Waals surface area contributed by atoms with E-state index in [1.165, 1.54) is 23.5 Å². The fourth-order valence-electron chi connectivity index (χ4n) is 1.33. The van der Waals surface area contributed by atoms with Crippen LogP contribution in [0.5, 0.6) is 0 Å². The van der Waals surface area contributed by atoms with Crippen molar-refractivity contribution in [1.29, 1.82) is 0 Å². The van der Waals surface area contributed by atoms with E-state index in [0.717, 1.165) is 6.07 Å². The van der Waals surface area contributed by atoms with E-state index >= 15 is 0 Å². The number of nitrogen functional groups attached to an aromatic ring is 1. The lowest BCUT2D eigenvalue weighted by atomic mass is 10.3. The Morgan fingerprint density at radius 2 is 2.06 bits per heavy atom. The molecule has 1 aromatic carbocycles. The van der Waals surface area contributed by atoms with E-state index < -0.39 is 15.8 Å². The zero-order valence-corrected chi connectivity index (χ0v) is 11.0. The molecule has 4 nitrogen and oxygen atoms in total. The lowest BCUT2D eigenvalue weighted by molar-refractivity contribution is 0.380. The minimum Gasteiger partial charge on any atom is -0.396 e. The van der Waals surface area contributed by atoms with E-state index in [1.54, 1.807) is 6.92 Å². The minimum atomic E-state index is -3.65. The van der Waals surface area contributed by atoms with Gasteiger partial charge in [0.15, 0.2) is 0 Å². The minimum absolute atomic E-state index is 0.0601. The molecule has 0 aliphatic rings. The summed E-state index contributed by atoms with van der Waals surface area (Å²) in [6.07, 6.45) is 0.688. The zero-order valence-electron chi connectivity index (χ0n) is 10.1. The summed E-state index contributed by atoms with van der Waals surface area (Å²) in [4.78, 5) is -0.0769. The molecule has 1 atom stereocenters. The van der Waals surface area contributed by atoms with Gasteiger partial charge in [0.1, 0.15) is 5.82 Å². The highest BCUT2D eigenvalue weighted by Gasteiger charge is 2.24. The second-order valence-electron chi connectivity index (χ2n) is 3.96. The van der Waals surface area contributed by atoms with Gasteiger partial charge < -0.3 is 5.73 Å². The molecule has 0 aliphatic carbocycles. The van der Waals surface area contributed by atoms with E-state index in [4.69, 9.17) is 5.73 Å². The maximum absolute atomic E-state index is 13.2. The van der Waals surface area contributed by atoms with Gasteiger partial charge >= 0.3 is 0 Å². The number of hydrogen-bond acceptors (Lipinski definition) is 3. The topological polar surface area (TPSA) is 63.4 Å². The molecular weight excluding hydrogens is 243 g/mol. The van der Waals surface area contributed by atoms with Gasteiger partial charge in [-0.25, -0.2) is 12.8 Å². The smallest absolute Gasteiger partial charge is 0.243 e. The molecule has 1 aromatic rings. The van der Waals surface area contributed by atoms with Crippen LogP contribution in [0.25, 0.3) is 0 Å². The SMILES string of the molecule is CCC(C)N(C)S(=O)(=O)c1ccc(N)c(F)c1. The molecule has 0 radical (unpaired) electrons. The number of benzene rings is 1. The van der Waals surface area contributed by atoms with E-state index in [2.05, 4.69) is 0 Å². The van der Waals surface area contributed by atoms with Gasteiger partial charge in [0, 0.05) is 13.1 Å². The zero-order chi connectivity index (χ0) is 13.2. The first-order valence-corrected chi connectivity index (χ1v) is 6.77. The predicted molar refractivity (Wildman–Crippen MR) is 65.5 cm³/mol. The average molecular weight is 260 g/mol. The van der Waals surface area contributed by atoms with Crippen LogP contribution < -0.4 is 5.73 Å². The van der Waals surface area contributed by atoms with E-state index in [-0.39, 0.29) is 16.6 Å². The number of nitrogens with two attached hydrogens (primary N) is 1. The van der Waals surface area contributed by atoms with Gasteiger partial charge in [-0.05, 0) is 31.5 Å². The maximum atomic E-state index is 13.2. The number of nitrogens with zero attached hydrogens (tertiary/aromatic N) is 1. The first kappa shape index (κ1) is 13.9. The van der Waals surface area contributed by atoms with Crippen LogP contribution >= 0.6 is 0 Å². The third kappa shape index (κ3) is 2.76. The van der Waals surface area contributed by atoms with Crippen molar-refractivity contribution in [3.8, 4) is 0 Å². The van der Waals surface area contributed by atoms with Crippen LogP contribution in [-0.4, -0.2) is 25.8 Å². The first-order chi connectivity index (χ1) is 7.80. The molecule has 17 heavy (non-hydrogen) atoms. The Labute approximate surface area is 101 Å². The molecule has 1 rings (SSSR count). The molecule has 0 saturated carbocycles. The quantitative estimate of drug-likeness (QED) is 0.840. The van der Waals surface area contributed by atoms with Gasteiger partial charge in [0.2, 0.25) is 10.0 Å². The lowest BCUT2D eigenvalue weighted by Gasteiger charge is -2.23. The number of sulfonamides is 1. The molecule has 6 heteroatoms. The highest BCUT2D eigenvalue weighted by atomic mass is 32.2. The molecule has 0 aliphatic heterocycles. The van der Waals surface area contributed by atoms with Gasteiger partial charge in [-0.15, -0.1) is 0 Å². The summed E-state index contributed by atoms with van der Waals surface area (Å²) < 4.78 is 38.7. The second-order valence-corrected chi connectivity index (χ2v) is 5.96. The molecule has 0 spiro atoms. The Bertz CT molecular complexity index is 502. The van der Waals surface area contributed by atoms with Crippen molar-refractivity contribution in [3.05, 3.63) is 24.0 Å². The molecule has 0 amide bonds. The number of hydrogen-bond donors (Lipinski definition) is 1. The van der Waals surface area contributed by atoms with Crippen LogP contribution in [0.3, 0.4) is 0 Å². The van der Waals surface area contributed by atoms with E-state index in [0.29, 0.717) is 6.42 Å². The molecule has 0 saturated heterocycles. The Hall–Kier alpha value is -1.14. The van der Waals surface area contributed by atoms with E-state index in [9.17, 15) is 12.8 Å². The number of anilines is 1. The number of rotatable bonds is 4. The van der Waals surface area contributed by atoms with Gasteiger partial charge in [0.25, 0.3) is 0 Å². The highest BCUT2D eigenvalue weighted by Crippen LogP contribution is 2.21. The van der Waals surface area contributed by atoms with Gasteiger partial charge in [-0.3, -0.25) is 0 Å². The van der Waals surface area contributed by atoms with Gasteiger partial charge in [0.05, 0.1) is 10.6 Å². The summed E-state index contributed by atoms with van der Waals surface area (Å²) in [5.74, 6) is -0.719. The Morgan fingerprint density at radius 1 is 1.47 bits per heavy atom. The molecule has 0 fully saturated rings. The van der Waals surface area contributed by atoms with Crippen LogP contribution in [0.4, 0.5) is 10.1 Å². The van der Waals surface area contributed by atoms with Crippen molar-refractivity contribution in [3.63, 3.8) is 0 Å². The summed E-state index contributed by atoms with van der Waals surface area (Å²) in [6, 6.07) is 3.38. The fourth-order valence-corrected chi connectivity index (χ4v) is 2.78. The summed E-state index contributed by atoms with van der Waals surface area (Å²) in [7, 11) is -2.17. The van der Waals surface area contributed by atoms with Crippen LogP contribution in [-0.2, 0) is 10.0 Å².